The molecule has 0 radical (unpaired) electrons. The van der Waals surface area contributed by atoms with E-state index >= 15 is 0 Å². The van der Waals surface area contributed by atoms with Crippen LogP contribution in [0, 0.1) is 0 Å². The molecule has 0 spiro atoms. The van der Waals surface area contributed by atoms with Gasteiger partial charge >= 0.3 is 0 Å². The van der Waals surface area contributed by atoms with Gasteiger partial charge in [0.25, 0.3) is 15.9 Å². The molecule has 0 aliphatic heterocycles. The van der Waals surface area contributed by atoms with Gasteiger partial charge in [0.1, 0.15) is 5.75 Å². The molecule has 0 saturated heterocycles. The number of nitrogens with one attached hydrogen (secondary N) is 2. The van der Waals surface area contributed by atoms with Crippen LogP contribution in [-0.2, 0) is 10.0 Å². The van der Waals surface area contributed by atoms with Crippen LogP contribution >= 0.6 is 11.6 Å². The molecule has 2 aromatic carbocycles. The Balaban J connectivity index is 1.64. The summed E-state index contributed by atoms with van der Waals surface area (Å²) in [4.78, 5) is 16.2. The Bertz CT molecular complexity index is 1110. The van der Waals surface area contributed by atoms with Crippen molar-refractivity contribution in [3.8, 4) is 11.6 Å². The Labute approximate surface area is 180 Å². The molecule has 0 aliphatic carbocycles. The molecule has 7 nitrogen and oxygen atoms in total. The molecular formula is C21H20ClN3O4S. The molecule has 0 fully saturated rings. The van der Waals surface area contributed by atoms with E-state index in [9.17, 15) is 13.2 Å². The summed E-state index contributed by atoms with van der Waals surface area (Å²) in [6, 6.07) is 15.6. The van der Waals surface area contributed by atoms with Gasteiger partial charge in [0, 0.05) is 22.7 Å². The van der Waals surface area contributed by atoms with Crippen molar-refractivity contribution < 1.29 is 17.9 Å². The molecule has 1 heterocycles. The van der Waals surface area contributed by atoms with Gasteiger partial charge in [0.05, 0.1) is 16.8 Å². The summed E-state index contributed by atoms with van der Waals surface area (Å²) in [6.07, 6.45) is 1.35. The highest BCUT2D eigenvalue weighted by Gasteiger charge is 2.14. The number of rotatable bonds is 7. The maximum Gasteiger partial charge on any atom is 0.261 e. The number of hydrogen-bond donors (Lipinski definition) is 2. The highest BCUT2D eigenvalue weighted by Crippen LogP contribution is 2.23. The smallest absolute Gasteiger partial charge is 0.261 e. The van der Waals surface area contributed by atoms with Crippen LogP contribution in [0.1, 0.15) is 24.2 Å². The minimum absolute atomic E-state index is 0.0493. The van der Waals surface area contributed by atoms with Gasteiger partial charge in [-0.3, -0.25) is 9.52 Å². The molecule has 0 atom stereocenters. The predicted octanol–water partition coefficient (Wildman–Crippen LogP) is 4.47. The second-order valence-electron chi connectivity index (χ2n) is 6.70. The third-order valence-corrected chi connectivity index (χ3v) is 5.52. The lowest BCUT2D eigenvalue weighted by molar-refractivity contribution is 0.0943. The largest absolute Gasteiger partial charge is 0.439 e. The fraction of sp³-hybridized carbons (Fsp3) is 0.143. The average molecular weight is 446 g/mol. The third-order valence-electron chi connectivity index (χ3n) is 3.87. The average Bonchev–Trinajstić information content (AvgIpc) is 2.69. The number of amides is 1. The van der Waals surface area contributed by atoms with Crippen LogP contribution in [0.15, 0.2) is 71.8 Å². The number of hydrogen-bond acceptors (Lipinski definition) is 5. The van der Waals surface area contributed by atoms with Crippen LogP contribution in [0.25, 0.3) is 0 Å². The summed E-state index contributed by atoms with van der Waals surface area (Å²) in [5, 5.41) is 3.26. The number of pyridine rings is 1. The van der Waals surface area contributed by atoms with Gasteiger partial charge in [-0.05, 0) is 68.4 Å². The minimum atomic E-state index is -3.75. The van der Waals surface area contributed by atoms with Gasteiger partial charge in [-0.2, -0.15) is 0 Å². The molecule has 0 unspecified atom stereocenters. The molecule has 30 heavy (non-hydrogen) atoms. The first kappa shape index (κ1) is 21.6. The first-order valence-electron chi connectivity index (χ1n) is 9.06. The zero-order chi connectivity index (χ0) is 21.7. The van der Waals surface area contributed by atoms with E-state index in [-0.39, 0.29) is 28.4 Å². The van der Waals surface area contributed by atoms with Crippen molar-refractivity contribution in [3.63, 3.8) is 0 Å². The van der Waals surface area contributed by atoms with E-state index in [1.165, 1.54) is 30.5 Å². The van der Waals surface area contributed by atoms with Crippen molar-refractivity contribution in [3.05, 3.63) is 77.4 Å². The molecule has 2 N–H and O–H groups in total. The van der Waals surface area contributed by atoms with E-state index in [2.05, 4.69) is 15.0 Å². The Morgan fingerprint density at radius 1 is 1.00 bits per heavy atom. The van der Waals surface area contributed by atoms with Crippen molar-refractivity contribution >= 4 is 33.2 Å². The maximum atomic E-state index is 12.4. The highest BCUT2D eigenvalue weighted by atomic mass is 35.5. The number of benzene rings is 2. The van der Waals surface area contributed by atoms with Crippen molar-refractivity contribution in [1.29, 1.82) is 0 Å². The molecule has 1 amide bonds. The summed E-state index contributed by atoms with van der Waals surface area (Å²) < 4.78 is 32.9. The highest BCUT2D eigenvalue weighted by molar-refractivity contribution is 7.92. The summed E-state index contributed by atoms with van der Waals surface area (Å²) in [7, 11) is -3.75. The quantitative estimate of drug-likeness (QED) is 0.559. The van der Waals surface area contributed by atoms with E-state index in [4.69, 9.17) is 16.3 Å². The molecule has 156 valence electrons. The Hall–Kier alpha value is -3.10. The Morgan fingerprint density at radius 3 is 2.23 bits per heavy atom. The Morgan fingerprint density at radius 2 is 1.67 bits per heavy atom. The minimum Gasteiger partial charge on any atom is -0.439 e. The van der Waals surface area contributed by atoms with Crippen LogP contribution in [0.2, 0.25) is 5.02 Å². The molecule has 3 aromatic rings. The maximum absolute atomic E-state index is 12.4. The lowest BCUT2D eigenvalue weighted by Crippen LogP contribution is -2.29. The monoisotopic (exact) mass is 445 g/mol. The number of carbonyl (C=O) groups is 1. The van der Waals surface area contributed by atoms with E-state index in [0.29, 0.717) is 16.3 Å². The fourth-order valence-electron chi connectivity index (χ4n) is 2.47. The number of halogens is 1. The van der Waals surface area contributed by atoms with E-state index in [1.54, 1.807) is 36.4 Å². The van der Waals surface area contributed by atoms with Gasteiger partial charge in [0.2, 0.25) is 5.88 Å². The Kier molecular flexibility index (Phi) is 6.59. The van der Waals surface area contributed by atoms with Crippen LogP contribution in [0.5, 0.6) is 11.6 Å². The number of ether oxygens (including phenoxy) is 1. The molecular weight excluding hydrogens is 426 g/mol. The van der Waals surface area contributed by atoms with Crippen LogP contribution in [0.4, 0.5) is 5.69 Å². The number of sulfonamides is 1. The van der Waals surface area contributed by atoms with Gasteiger partial charge in [-0.15, -0.1) is 0 Å². The van der Waals surface area contributed by atoms with Crippen LogP contribution in [0.3, 0.4) is 0 Å². The standard InChI is InChI=1S/C21H20ClN3O4S/c1-14(2)24-21(26)15-3-8-18(9-4-15)29-20-12-7-17(13-23-20)25-30(27,28)19-10-5-16(22)6-11-19/h3-14,25H,1-2H3,(H,24,26). The number of carbonyl (C=O) groups excluding carboxylic acids is 1. The van der Waals surface area contributed by atoms with Gasteiger partial charge in [-0.1, -0.05) is 11.6 Å². The number of aromatic nitrogens is 1. The molecule has 3 rings (SSSR count). The summed E-state index contributed by atoms with van der Waals surface area (Å²) in [5.74, 6) is 0.619. The van der Waals surface area contributed by atoms with Crippen molar-refractivity contribution in [2.24, 2.45) is 0 Å². The van der Waals surface area contributed by atoms with Crippen LogP contribution in [-0.4, -0.2) is 25.4 Å². The lowest BCUT2D eigenvalue weighted by Gasteiger charge is -2.10. The van der Waals surface area contributed by atoms with Gasteiger partial charge < -0.3 is 10.1 Å². The number of anilines is 1. The van der Waals surface area contributed by atoms with E-state index < -0.39 is 10.0 Å². The second kappa shape index (κ2) is 9.15. The van der Waals surface area contributed by atoms with Gasteiger partial charge in [-0.25, -0.2) is 13.4 Å². The topological polar surface area (TPSA) is 97.4 Å². The molecule has 1 aromatic heterocycles. The first-order valence-corrected chi connectivity index (χ1v) is 10.9. The lowest BCUT2D eigenvalue weighted by atomic mass is 10.2. The molecule has 0 aliphatic rings. The van der Waals surface area contributed by atoms with Gasteiger partial charge in [0.15, 0.2) is 0 Å². The summed E-state index contributed by atoms with van der Waals surface area (Å²) in [5.41, 5.74) is 0.814. The van der Waals surface area contributed by atoms with Crippen molar-refractivity contribution in [1.82, 2.24) is 10.3 Å². The summed E-state index contributed by atoms with van der Waals surface area (Å²) >= 11 is 5.79. The SMILES string of the molecule is CC(C)NC(=O)c1ccc(Oc2ccc(NS(=O)(=O)c3ccc(Cl)cc3)cn2)cc1. The normalized spacial score (nSPS) is 11.2. The van der Waals surface area contributed by atoms with Crippen LogP contribution < -0.4 is 14.8 Å². The van der Waals surface area contributed by atoms with E-state index in [1.807, 2.05) is 13.8 Å². The zero-order valence-electron chi connectivity index (χ0n) is 16.3. The predicted molar refractivity (Wildman–Crippen MR) is 116 cm³/mol. The summed E-state index contributed by atoms with van der Waals surface area (Å²) in [6.45, 7) is 3.78. The zero-order valence-corrected chi connectivity index (χ0v) is 17.9. The van der Waals surface area contributed by atoms with E-state index in [0.717, 1.165) is 0 Å². The molecule has 0 bridgehead atoms. The molecule has 9 heteroatoms. The van der Waals surface area contributed by atoms with Crippen molar-refractivity contribution in [2.75, 3.05) is 4.72 Å². The van der Waals surface area contributed by atoms with Crippen molar-refractivity contribution in [2.45, 2.75) is 24.8 Å². The number of nitrogens with zero attached hydrogens (tertiary/aromatic N) is 1. The second-order valence-corrected chi connectivity index (χ2v) is 8.82. The fourth-order valence-corrected chi connectivity index (χ4v) is 3.64. The third kappa shape index (κ3) is 5.71. The first-order chi connectivity index (χ1) is 14.2. The molecule has 0 saturated carbocycles.